The number of nitrogens with one attached hydrogen (secondary N) is 1. The molecule has 0 aliphatic carbocycles. The number of nitro benzene ring substituents is 1. The molecule has 0 bridgehead atoms. The van der Waals surface area contributed by atoms with Gasteiger partial charge in [-0.3, -0.25) is 10.1 Å². The third kappa shape index (κ3) is 3.21. The summed E-state index contributed by atoms with van der Waals surface area (Å²) in [5.41, 5.74) is 4.56. The topological polar surface area (TPSA) is 118 Å². The van der Waals surface area contributed by atoms with Crippen molar-refractivity contribution in [1.82, 2.24) is 0 Å². The van der Waals surface area contributed by atoms with Gasteiger partial charge < -0.3 is 16.2 Å². The lowest BCUT2D eigenvalue weighted by atomic mass is 10.2. The summed E-state index contributed by atoms with van der Waals surface area (Å²) in [4.78, 5) is 20.5. The molecule has 4 N–H and O–H groups in total. The van der Waals surface area contributed by atoms with E-state index in [1.54, 1.807) is 0 Å². The number of hydrogen-bond donors (Lipinski definition) is 3. The Morgan fingerprint density at radius 1 is 1.50 bits per heavy atom. The first-order chi connectivity index (χ1) is 7.56. The van der Waals surface area contributed by atoms with Crippen LogP contribution >= 0.6 is 0 Å². The summed E-state index contributed by atoms with van der Waals surface area (Å²) in [6.07, 6.45) is 0. The molecule has 88 valence electrons. The van der Waals surface area contributed by atoms with Gasteiger partial charge in [0, 0.05) is 13.1 Å². The molecule has 1 aromatic carbocycles. The molecule has 0 radical (unpaired) electrons. The summed E-state index contributed by atoms with van der Waals surface area (Å²) in [6, 6.07) is 3.58. The Kier molecular flexibility index (Phi) is 5.50. The van der Waals surface area contributed by atoms with Gasteiger partial charge in [-0.15, -0.1) is 0 Å². The first kappa shape index (κ1) is 13.8. The van der Waals surface area contributed by atoms with E-state index in [-0.39, 0.29) is 16.9 Å². The van der Waals surface area contributed by atoms with Crippen LogP contribution in [0.5, 0.6) is 0 Å². The largest absolute Gasteiger partial charge is 0.478 e. The van der Waals surface area contributed by atoms with Crippen molar-refractivity contribution in [2.45, 2.75) is 0 Å². The van der Waals surface area contributed by atoms with Crippen molar-refractivity contribution in [3.63, 3.8) is 0 Å². The van der Waals surface area contributed by atoms with E-state index in [9.17, 15) is 14.9 Å². The minimum atomic E-state index is -1.11. The third-order valence-electron chi connectivity index (χ3n) is 1.71. The second-order valence-electron chi connectivity index (χ2n) is 2.54. The van der Waals surface area contributed by atoms with Crippen LogP contribution in [0.1, 0.15) is 10.4 Å². The summed E-state index contributed by atoms with van der Waals surface area (Å²) >= 11 is 0. The Morgan fingerprint density at radius 3 is 2.44 bits per heavy atom. The number of anilines is 1. The maximum Gasteiger partial charge on any atom is 0.335 e. The van der Waals surface area contributed by atoms with Gasteiger partial charge in [-0.25, -0.2) is 4.79 Å². The van der Waals surface area contributed by atoms with Crippen LogP contribution in [0.15, 0.2) is 18.2 Å². The van der Waals surface area contributed by atoms with Crippen molar-refractivity contribution in [3.05, 3.63) is 33.9 Å². The lowest BCUT2D eigenvalue weighted by Crippen LogP contribution is -2.01. The fourth-order valence-corrected chi connectivity index (χ4v) is 1.03. The number of carboxylic acid groups (broad SMARTS) is 1. The smallest absolute Gasteiger partial charge is 0.335 e. The zero-order valence-electron chi connectivity index (χ0n) is 8.93. The predicted molar refractivity (Wildman–Crippen MR) is 59.7 cm³/mol. The van der Waals surface area contributed by atoms with E-state index in [0.29, 0.717) is 0 Å². The normalized spacial score (nSPS) is 8.69. The van der Waals surface area contributed by atoms with Gasteiger partial charge in [0.15, 0.2) is 0 Å². The standard InChI is InChI=1S/C8H8N2O4.CH5N/c1-9-6-4-5(8(11)12)2-3-7(6)10(13)14;1-2/h2-4,9H,1H3,(H,11,12);2H2,1H3. The van der Waals surface area contributed by atoms with E-state index >= 15 is 0 Å². The van der Waals surface area contributed by atoms with E-state index in [0.717, 1.165) is 6.07 Å². The van der Waals surface area contributed by atoms with Crippen molar-refractivity contribution in [2.24, 2.45) is 5.73 Å². The zero-order chi connectivity index (χ0) is 12.7. The zero-order valence-corrected chi connectivity index (χ0v) is 8.93. The Balaban J connectivity index is 0.00000106. The Morgan fingerprint density at radius 2 is 2.06 bits per heavy atom. The van der Waals surface area contributed by atoms with E-state index in [1.165, 1.54) is 26.2 Å². The predicted octanol–water partition coefficient (Wildman–Crippen LogP) is 0.910. The van der Waals surface area contributed by atoms with Gasteiger partial charge in [0.05, 0.1) is 10.5 Å². The number of benzene rings is 1. The summed E-state index contributed by atoms with van der Waals surface area (Å²) in [5, 5.41) is 21.7. The number of nitrogens with zero attached hydrogens (tertiary/aromatic N) is 1. The van der Waals surface area contributed by atoms with E-state index < -0.39 is 10.9 Å². The van der Waals surface area contributed by atoms with Gasteiger partial charge >= 0.3 is 5.97 Å². The average molecular weight is 227 g/mol. The van der Waals surface area contributed by atoms with Crippen LogP contribution in [0.25, 0.3) is 0 Å². The molecule has 7 nitrogen and oxygen atoms in total. The monoisotopic (exact) mass is 227 g/mol. The molecule has 0 saturated carbocycles. The maximum atomic E-state index is 10.6. The first-order valence-electron chi connectivity index (χ1n) is 4.33. The number of rotatable bonds is 3. The van der Waals surface area contributed by atoms with Gasteiger partial charge in [-0.2, -0.15) is 0 Å². The molecule has 0 unspecified atom stereocenters. The lowest BCUT2D eigenvalue weighted by Gasteiger charge is -2.02. The fraction of sp³-hybridized carbons (Fsp3) is 0.222. The van der Waals surface area contributed by atoms with Gasteiger partial charge in [0.2, 0.25) is 0 Å². The van der Waals surface area contributed by atoms with Crippen LogP contribution in [0.4, 0.5) is 11.4 Å². The summed E-state index contributed by atoms with van der Waals surface area (Å²) in [7, 11) is 2.99. The number of nitro groups is 1. The molecule has 0 spiro atoms. The van der Waals surface area contributed by atoms with Crippen LogP contribution in [0.2, 0.25) is 0 Å². The summed E-state index contributed by atoms with van der Waals surface area (Å²) < 4.78 is 0. The van der Waals surface area contributed by atoms with Crippen molar-refractivity contribution >= 4 is 17.3 Å². The molecule has 7 heteroatoms. The fourth-order valence-electron chi connectivity index (χ4n) is 1.03. The molecule has 0 aliphatic rings. The highest BCUT2D eigenvalue weighted by molar-refractivity contribution is 5.90. The van der Waals surface area contributed by atoms with Crippen LogP contribution < -0.4 is 11.1 Å². The number of carbonyl (C=O) groups is 1. The van der Waals surface area contributed by atoms with Gasteiger partial charge in [0.1, 0.15) is 5.69 Å². The second kappa shape index (κ2) is 6.36. The van der Waals surface area contributed by atoms with Gasteiger partial charge in [-0.05, 0) is 19.2 Å². The van der Waals surface area contributed by atoms with Crippen molar-refractivity contribution < 1.29 is 14.8 Å². The van der Waals surface area contributed by atoms with Crippen LogP contribution in [-0.4, -0.2) is 30.1 Å². The van der Waals surface area contributed by atoms with Crippen LogP contribution in [0, 0.1) is 10.1 Å². The Labute approximate surface area is 92.0 Å². The first-order valence-corrected chi connectivity index (χ1v) is 4.33. The van der Waals surface area contributed by atoms with Gasteiger partial charge in [0.25, 0.3) is 5.69 Å². The average Bonchev–Trinajstić information content (AvgIpc) is 2.30. The molecule has 0 heterocycles. The molecule has 16 heavy (non-hydrogen) atoms. The Bertz CT molecular complexity index is 392. The summed E-state index contributed by atoms with van der Waals surface area (Å²) in [6.45, 7) is 0. The molecule has 0 fully saturated rings. The maximum absolute atomic E-state index is 10.6. The number of hydrogen-bond acceptors (Lipinski definition) is 5. The van der Waals surface area contributed by atoms with Crippen LogP contribution in [0.3, 0.4) is 0 Å². The van der Waals surface area contributed by atoms with Crippen molar-refractivity contribution in [2.75, 3.05) is 19.4 Å². The van der Waals surface area contributed by atoms with Crippen molar-refractivity contribution in [1.29, 1.82) is 0 Å². The molecule has 0 saturated heterocycles. The molecular weight excluding hydrogens is 214 g/mol. The highest BCUT2D eigenvalue weighted by Crippen LogP contribution is 2.24. The summed E-state index contributed by atoms with van der Waals surface area (Å²) in [5.74, 6) is -1.11. The highest BCUT2D eigenvalue weighted by Gasteiger charge is 2.14. The second-order valence-corrected chi connectivity index (χ2v) is 2.54. The molecule has 0 aromatic heterocycles. The van der Waals surface area contributed by atoms with Gasteiger partial charge in [-0.1, -0.05) is 0 Å². The van der Waals surface area contributed by atoms with E-state index in [1.807, 2.05) is 0 Å². The van der Waals surface area contributed by atoms with Crippen molar-refractivity contribution in [3.8, 4) is 0 Å². The quantitative estimate of drug-likeness (QED) is 0.521. The number of aromatic carboxylic acids is 1. The molecule has 0 amide bonds. The number of nitrogens with two attached hydrogens (primary N) is 1. The number of carboxylic acids is 1. The van der Waals surface area contributed by atoms with Crippen LogP contribution in [-0.2, 0) is 0 Å². The molecule has 1 rings (SSSR count). The third-order valence-corrected chi connectivity index (χ3v) is 1.71. The molecule has 0 aliphatic heterocycles. The molecule has 0 atom stereocenters. The minimum absolute atomic E-state index is 0.0138. The molecule has 1 aromatic rings. The lowest BCUT2D eigenvalue weighted by molar-refractivity contribution is -0.383. The van der Waals surface area contributed by atoms with E-state index in [2.05, 4.69) is 11.1 Å². The highest BCUT2D eigenvalue weighted by atomic mass is 16.6. The minimum Gasteiger partial charge on any atom is -0.478 e. The van der Waals surface area contributed by atoms with E-state index in [4.69, 9.17) is 5.11 Å². The SMILES string of the molecule is CN.CNc1cc(C(=O)O)ccc1[N+](=O)[O-]. The Hall–Kier alpha value is -2.15. The molecular formula is C9H13N3O4.